The van der Waals surface area contributed by atoms with E-state index in [1.807, 2.05) is 24.3 Å². The molecule has 0 radical (unpaired) electrons. The summed E-state index contributed by atoms with van der Waals surface area (Å²) in [5.41, 5.74) is 1.31. The zero-order chi connectivity index (χ0) is 13.8. The molecule has 6 heteroatoms. The molecule has 0 aliphatic heterocycles. The van der Waals surface area contributed by atoms with E-state index in [2.05, 4.69) is 27.6 Å². The topological polar surface area (TPSA) is 55.5 Å². The molecule has 2 rings (SSSR count). The van der Waals surface area contributed by atoms with Gasteiger partial charge in [-0.2, -0.15) is 0 Å². The molecule has 0 aromatic heterocycles. The molecule has 4 nitrogen and oxygen atoms in total. The van der Waals surface area contributed by atoms with Crippen molar-refractivity contribution in [2.75, 3.05) is 0 Å². The first-order valence-electron chi connectivity index (χ1n) is 5.30. The van der Waals surface area contributed by atoms with Gasteiger partial charge >= 0.3 is 0 Å². The molecule has 0 heterocycles. The number of nitrogens with zero attached hydrogens (tertiary/aromatic N) is 2. The maximum Gasteiger partial charge on any atom is 0.288 e. The molecule has 96 valence electrons. The number of nitro benzene ring substituents is 1. The van der Waals surface area contributed by atoms with Crippen LogP contribution in [0.1, 0.15) is 5.56 Å². The maximum absolute atomic E-state index is 10.8. The molecular formula is C13H8ClIN2O2. The van der Waals surface area contributed by atoms with Crippen LogP contribution in [0.25, 0.3) is 0 Å². The third-order valence-electron chi connectivity index (χ3n) is 2.36. The molecule has 0 aliphatic rings. The summed E-state index contributed by atoms with van der Waals surface area (Å²) in [6, 6.07) is 12.2. The van der Waals surface area contributed by atoms with Crippen LogP contribution in [0.5, 0.6) is 0 Å². The molecule has 0 bridgehead atoms. The minimum Gasteiger partial charge on any atom is -0.258 e. The molecule has 0 amide bonds. The van der Waals surface area contributed by atoms with Gasteiger partial charge in [-0.15, -0.1) is 0 Å². The van der Waals surface area contributed by atoms with Gasteiger partial charge < -0.3 is 0 Å². The average molecular weight is 387 g/mol. The second kappa shape index (κ2) is 6.12. The van der Waals surface area contributed by atoms with Crippen LogP contribution < -0.4 is 0 Å². The Morgan fingerprint density at radius 3 is 2.53 bits per heavy atom. The van der Waals surface area contributed by atoms with Crippen molar-refractivity contribution in [3.63, 3.8) is 0 Å². The number of nitro groups is 1. The highest BCUT2D eigenvalue weighted by molar-refractivity contribution is 14.1. The Kier molecular flexibility index (Phi) is 4.49. The second-order valence-corrected chi connectivity index (χ2v) is 5.36. The lowest BCUT2D eigenvalue weighted by atomic mass is 10.2. The summed E-state index contributed by atoms with van der Waals surface area (Å²) in [5, 5.41) is 10.9. The van der Waals surface area contributed by atoms with E-state index in [0.717, 1.165) is 9.26 Å². The first-order chi connectivity index (χ1) is 9.06. The van der Waals surface area contributed by atoms with E-state index in [1.165, 1.54) is 12.1 Å². The number of halogens is 2. The van der Waals surface area contributed by atoms with Crippen molar-refractivity contribution in [2.45, 2.75) is 0 Å². The molecule has 19 heavy (non-hydrogen) atoms. The van der Waals surface area contributed by atoms with Gasteiger partial charge in [-0.25, -0.2) is 0 Å². The highest BCUT2D eigenvalue weighted by atomic mass is 127. The number of rotatable bonds is 3. The van der Waals surface area contributed by atoms with Gasteiger partial charge in [-0.3, -0.25) is 15.1 Å². The van der Waals surface area contributed by atoms with E-state index in [4.69, 9.17) is 11.6 Å². The quantitative estimate of drug-likeness (QED) is 0.335. The SMILES string of the molecule is O=[N+]([O-])c1cc(C=Nc2ccc(I)cc2)ccc1Cl. The molecule has 0 aliphatic carbocycles. The lowest BCUT2D eigenvalue weighted by molar-refractivity contribution is -0.384. The standard InChI is InChI=1S/C13H8ClIN2O2/c14-12-6-1-9(7-13(12)17(18)19)8-16-11-4-2-10(15)3-5-11/h1-8H. The second-order valence-electron chi connectivity index (χ2n) is 3.70. The van der Waals surface area contributed by atoms with Crippen molar-refractivity contribution >= 4 is 51.8 Å². The van der Waals surface area contributed by atoms with Gasteiger partial charge in [-0.05, 0) is 58.5 Å². The monoisotopic (exact) mass is 386 g/mol. The van der Waals surface area contributed by atoms with E-state index in [0.29, 0.717) is 5.56 Å². The fraction of sp³-hybridized carbons (Fsp3) is 0. The Bertz CT molecular complexity index is 642. The minimum atomic E-state index is -0.509. The number of aliphatic imine (C=N–C) groups is 1. The first kappa shape index (κ1) is 14.0. The van der Waals surface area contributed by atoms with Crippen LogP contribution in [0, 0.1) is 13.7 Å². The number of hydrogen-bond donors (Lipinski definition) is 0. The lowest BCUT2D eigenvalue weighted by Gasteiger charge is -1.97. The summed E-state index contributed by atoms with van der Waals surface area (Å²) in [5.74, 6) is 0. The highest BCUT2D eigenvalue weighted by Gasteiger charge is 2.11. The first-order valence-corrected chi connectivity index (χ1v) is 6.75. The molecule has 0 spiro atoms. The van der Waals surface area contributed by atoms with Gasteiger partial charge in [0.25, 0.3) is 5.69 Å². The van der Waals surface area contributed by atoms with Crippen LogP contribution in [0.2, 0.25) is 5.02 Å². The van der Waals surface area contributed by atoms with Crippen LogP contribution in [-0.4, -0.2) is 11.1 Å². The maximum atomic E-state index is 10.8. The van der Waals surface area contributed by atoms with Crippen molar-refractivity contribution in [1.29, 1.82) is 0 Å². The minimum absolute atomic E-state index is 0.117. The summed E-state index contributed by atoms with van der Waals surface area (Å²) in [6.45, 7) is 0. The van der Waals surface area contributed by atoms with Gasteiger partial charge in [0.2, 0.25) is 0 Å². The molecule has 0 saturated heterocycles. The van der Waals surface area contributed by atoms with Crippen molar-refractivity contribution in [1.82, 2.24) is 0 Å². The average Bonchev–Trinajstić information content (AvgIpc) is 2.39. The molecule has 0 fully saturated rings. The van der Waals surface area contributed by atoms with Gasteiger partial charge in [0.1, 0.15) is 5.02 Å². The molecule has 0 saturated carbocycles. The van der Waals surface area contributed by atoms with Crippen LogP contribution >= 0.6 is 34.2 Å². The normalized spacial score (nSPS) is 10.8. The lowest BCUT2D eigenvalue weighted by Crippen LogP contribution is -1.91. The predicted octanol–water partition coefficient (Wildman–Crippen LogP) is 4.60. The van der Waals surface area contributed by atoms with Gasteiger partial charge in [0.05, 0.1) is 10.6 Å². The largest absolute Gasteiger partial charge is 0.288 e. The van der Waals surface area contributed by atoms with E-state index < -0.39 is 4.92 Å². The molecule has 2 aromatic rings. The third-order valence-corrected chi connectivity index (χ3v) is 3.39. The summed E-state index contributed by atoms with van der Waals surface area (Å²) in [6.07, 6.45) is 1.57. The van der Waals surface area contributed by atoms with Crippen molar-refractivity contribution < 1.29 is 4.92 Å². The summed E-state index contributed by atoms with van der Waals surface area (Å²) in [7, 11) is 0. The fourth-order valence-corrected chi connectivity index (χ4v) is 1.97. The third kappa shape index (κ3) is 3.74. The van der Waals surface area contributed by atoms with Gasteiger partial charge in [0.15, 0.2) is 0 Å². The zero-order valence-electron chi connectivity index (χ0n) is 9.59. The van der Waals surface area contributed by atoms with E-state index >= 15 is 0 Å². The fourth-order valence-electron chi connectivity index (χ4n) is 1.43. The highest BCUT2D eigenvalue weighted by Crippen LogP contribution is 2.24. The summed E-state index contributed by atoms with van der Waals surface area (Å²) >= 11 is 7.95. The van der Waals surface area contributed by atoms with Crippen LogP contribution in [0.3, 0.4) is 0 Å². The van der Waals surface area contributed by atoms with Crippen molar-refractivity contribution in [2.24, 2.45) is 4.99 Å². The Morgan fingerprint density at radius 2 is 1.89 bits per heavy atom. The van der Waals surface area contributed by atoms with E-state index in [9.17, 15) is 10.1 Å². The zero-order valence-corrected chi connectivity index (χ0v) is 12.5. The van der Waals surface area contributed by atoms with Crippen molar-refractivity contribution in [3.8, 4) is 0 Å². The smallest absolute Gasteiger partial charge is 0.258 e. The van der Waals surface area contributed by atoms with Gasteiger partial charge in [-0.1, -0.05) is 17.7 Å². The molecule has 0 N–H and O–H groups in total. The molecule has 2 aromatic carbocycles. The Labute approximate surface area is 128 Å². The van der Waals surface area contributed by atoms with Gasteiger partial charge in [0, 0.05) is 15.9 Å². The van der Waals surface area contributed by atoms with Crippen molar-refractivity contribution in [3.05, 3.63) is 66.7 Å². The Hall–Kier alpha value is -1.47. The summed E-state index contributed by atoms with van der Waals surface area (Å²) in [4.78, 5) is 14.5. The number of benzene rings is 2. The van der Waals surface area contributed by atoms with Crippen LogP contribution in [0.15, 0.2) is 47.5 Å². The predicted molar refractivity (Wildman–Crippen MR) is 84.5 cm³/mol. The molecule has 0 atom stereocenters. The van der Waals surface area contributed by atoms with Crippen LogP contribution in [-0.2, 0) is 0 Å². The van der Waals surface area contributed by atoms with E-state index in [-0.39, 0.29) is 10.7 Å². The Morgan fingerprint density at radius 1 is 1.21 bits per heavy atom. The number of hydrogen-bond acceptors (Lipinski definition) is 3. The molecular weight excluding hydrogens is 379 g/mol. The Balaban J connectivity index is 2.26. The summed E-state index contributed by atoms with van der Waals surface area (Å²) < 4.78 is 1.12. The van der Waals surface area contributed by atoms with E-state index in [1.54, 1.807) is 12.3 Å². The molecule has 0 unspecified atom stereocenters. The van der Waals surface area contributed by atoms with Crippen LogP contribution in [0.4, 0.5) is 11.4 Å².